The molecule has 2 heteroatoms. The van der Waals surface area contributed by atoms with Crippen LogP contribution in [0.25, 0.3) is 0 Å². The molecule has 1 aliphatic rings. The maximum absolute atomic E-state index is 13.2. The fraction of sp³-hybridized carbons (Fsp3) is 0.500. The third kappa shape index (κ3) is 1.89. The first-order valence-corrected chi connectivity index (χ1v) is 5.26. The lowest BCUT2D eigenvalue weighted by Crippen LogP contribution is -2.15. The molecule has 2 N–H and O–H groups in total. The summed E-state index contributed by atoms with van der Waals surface area (Å²) in [6.45, 7) is 0. The van der Waals surface area contributed by atoms with E-state index in [9.17, 15) is 4.39 Å². The maximum atomic E-state index is 13.2. The van der Waals surface area contributed by atoms with E-state index in [4.69, 9.17) is 5.73 Å². The molecule has 14 heavy (non-hydrogen) atoms. The van der Waals surface area contributed by atoms with E-state index >= 15 is 0 Å². The first-order chi connectivity index (χ1) is 6.77. The standard InChI is InChI=1S/C12H16FN/c13-10-5-3-4-9(8-10)11-6-1-2-7-12(11)14/h1-2,6-7,9-10H,3-5,8,14H2. The van der Waals surface area contributed by atoms with Gasteiger partial charge in [-0.05, 0) is 43.2 Å². The molecule has 0 amide bonds. The third-order valence-electron chi connectivity index (χ3n) is 3.05. The molecule has 0 saturated heterocycles. The lowest BCUT2D eigenvalue weighted by Gasteiger charge is -2.25. The molecule has 2 atom stereocenters. The van der Waals surface area contributed by atoms with Crippen LogP contribution in [0, 0.1) is 0 Å². The Labute approximate surface area is 84.1 Å². The molecule has 0 heterocycles. The van der Waals surface area contributed by atoms with E-state index in [1.54, 1.807) is 0 Å². The summed E-state index contributed by atoms with van der Waals surface area (Å²) in [6.07, 6.45) is 2.81. The number of hydrogen-bond acceptors (Lipinski definition) is 1. The molecule has 1 aromatic rings. The predicted octanol–water partition coefficient (Wildman–Crippen LogP) is 3.26. The summed E-state index contributed by atoms with van der Waals surface area (Å²) in [5.41, 5.74) is 7.82. The highest BCUT2D eigenvalue weighted by Crippen LogP contribution is 2.36. The Kier molecular flexibility index (Phi) is 2.71. The number of rotatable bonds is 1. The number of nitrogen functional groups attached to an aromatic ring is 1. The largest absolute Gasteiger partial charge is 0.398 e. The fourth-order valence-corrected chi connectivity index (χ4v) is 2.30. The Bertz CT molecular complexity index is 311. The van der Waals surface area contributed by atoms with Crippen molar-refractivity contribution in [1.29, 1.82) is 0 Å². The van der Waals surface area contributed by atoms with Crippen molar-refractivity contribution >= 4 is 5.69 Å². The number of benzene rings is 1. The maximum Gasteiger partial charge on any atom is 0.101 e. The summed E-state index contributed by atoms with van der Waals surface area (Å²) in [7, 11) is 0. The van der Waals surface area contributed by atoms with Crippen molar-refractivity contribution in [1.82, 2.24) is 0 Å². The minimum absolute atomic E-state index is 0.333. The summed E-state index contributed by atoms with van der Waals surface area (Å²) in [5, 5.41) is 0. The minimum Gasteiger partial charge on any atom is -0.398 e. The zero-order valence-electron chi connectivity index (χ0n) is 8.25. The van der Waals surface area contributed by atoms with Gasteiger partial charge in [0, 0.05) is 5.69 Å². The summed E-state index contributed by atoms with van der Waals surface area (Å²) in [4.78, 5) is 0. The van der Waals surface area contributed by atoms with Gasteiger partial charge in [0.25, 0.3) is 0 Å². The van der Waals surface area contributed by atoms with Gasteiger partial charge in [-0.2, -0.15) is 0 Å². The van der Waals surface area contributed by atoms with E-state index in [1.165, 1.54) is 0 Å². The Morgan fingerprint density at radius 1 is 1.21 bits per heavy atom. The van der Waals surface area contributed by atoms with Gasteiger partial charge in [0.1, 0.15) is 6.17 Å². The van der Waals surface area contributed by atoms with Crippen molar-refractivity contribution in [3.8, 4) is 0 Å². The monoisotopic (exact) mass is 193 g/mol. The quantitative estimate of drug-likeness (QED) is 0.681. The zero-order valence-corrected chi connectivity index (χ0v) is 8.25. The van der Waals surface area contributed by atoms with Crippen molar-refractivity contribution < 1.29 is 4.39 Å². The Balaban J connectivity index is 2.18. The predicted molar refractivity (Wildman–Crippen MR) is 57.0 cm³/mol. The van der Waals surface area contributed by atoms with Crippen molar-refractivity contribution in [3.05, 3.63) is 29.8 Å². The summed E-state index contributed by atoms with van der Waals surface area (Å²) < 4.78 is 13.2. The van der Waals surface area contributed by atoms with Crippen LogP contribution < -0.4 is 5.73 Å². The molecule has 2 rings (SSSR count). The molecule has 0 radical (unpaired) electrons. The molecule has 1 fully saturated rings. The van der Waals surface area contributed by atoms with E-state index in [1.807, 2.05) is 24.3 Å². The number of nitrogens with two attached hydrogens (primary N) is 1. The number of hydrogen-bond donors (Lipinski definition) is 1. The highest BCUT2D eigenvalue weighted by Gasteiger charge is 2.23. The molecule has 1 aliphatic carbocycles. The van der Waals surface area contributed by atoms with Crippen molar-refractivity contribution in [3.63, 3.8) is 0 Å². The topological polar surface area (TPSA) is 26.0 Å². The van der Waals surface area contributed by atoms with Gasteiger partial charge in [-0.25, -0.2) is 4.39 Å². The molecular weight excluding hydrogens is 177 g/mol. The van der Waals surface area contributed by atoms with Gasteiger partial charge in [0.15, 0.2) is 0 Å². The molecule has 2 unspecified atom stereocenters. The third-order valence-corrected chi connectivity index (χ3v) is 3.05. The minimum atomic E-state index is -0.631. The molecule has 1 nitrogen and oxygen atoms in total. The van der Waals surface area contributed by atoms with Gasteiger partial charge in [-0.15, -0.1) is 0 Å². The average molecular weight is 193 g/mol. The highest BCUT2D eigenvalue weighted by molar-refractivity contribution is 5.48. The van der Waals surface area contributed by atoms with Crippen LogP contribution in [-0.4, -0.2) is 6.17 Å². The highest BCUT2D eigenvalue weighted by atomic mass is 19.1. The molecule has 76 valence electrons. The molecule has 0 aromatic heterocycles. The van der Waals surface area contributed by atoms with Crippen LogP contribution in [0.15, 0.2) is 24.3 Å². The fourth-order valence-electron chi connectivity index (χ4n) is 2.30. The smallest absolute Gasteiger partial charge is 0.101 e. The van der Waals surface area contributed by atoms with E-state index in [-0.39, 0.29) is 0 Å². The van der Waals surface area contributed by atoms with Crippen LogP contribution in [0.5, 0.6) is 0 Å². The van der Waals surface area contributed by atoms with Crippen LogP contribution in [-0.2, 0) is 0 Å². The number of halogens is 1. The van der Waals surface area contributed by atoms with E-state index in [2.05, 4.69) is 0 Å². The van der Waals surface area contributed by atoms with E-state index < -0.39 is 6.17 Å². The Morgan fingerprint density at radius 3 is 2.71 bits per heavy atom. The molecular formula is C12H16FN. The Hall–Kier alpha value is -1.05. The first kappa shape index (κ1) is 9.50. The van der Waals surface area contributed by atoms with Crippen LogP contribution in [0.1, 0.15) is 37.2 Å². The second kappa shape index (κ2) is 3.99. The molecule has 0 spiro atoms. The second-order valence-corrected chi connectivity index (χ2v) is 4.09. The van der Waals surface area contributed by atoms with Gasteiger partial charge < -0.3 is 5.73 Å². The molecule has 0 aliphatic heterocycles. The second-order valence-electron chi connectivity index (χ2n) is 4.09. The van der Waals surface area contributed by atoms with Crippen LogP contribution >= 0.6 is 0 Å². The first-order valence-electron chi connectivity index (χ1n) is 5.26. The van der Waals surface area contributed by atoms with Crippen molar-refractivity contribution in [2.75, 3.05) is 5.73 Å². The van der Waals surface area contributed by atoms with Gasteiger partial charge >= 0.3 is 0 Å². The molecule has 0 bridgehead atoms. The molecule has 1 saturated carbocycles. The summed E-state index contributed by atoms with van der Waals surface area (Å²) in [6, 6.07) is 7.83. The number of alkyl halides is 1. The molecule has 1 aromatic carbocycles. The summed E-state index contributed by atoms with van der Waals surface area (Å²) >= 11 is 0. The van der Waals surface area contributed by atoms with Crippen molar-refractivity contribution in [2.24, 2.45) is 0 Å². The normalized spacial score (nSPS) is 27.5. The van der Waals surface area contributed by atoms with Crippen LogP contribution in [0.4, 0.5) is 10.1 Å². The SMILES string of the molecule is Nc1ccccc1C1CCCC(F)C1. The average Bonchev–Trinajstić information content (AvgIpc) is 2.18. The lowest BCUT2D eigenvalue weighted by atomic mass is 9.82. The number of para-hydroxylation sites is 1. The van der Waals surface area contributed by atoms with Crippen LogP contribution in [0.3, 0.4) is 0 Å². The van der Waals surface area contributed by atoms with E-state index in [0.29, 0.717) is 12.3 Å². The van der Waals surface area contributed by atoms with Gasteiger partial charge in [-0.1, -0.05) is 18.2 Å². The van der Waals surface area contributed by atoms with Gasteiger partial charge in [-0.3, -0.25) is 0 Å². The van der Waals surface area contributed by atoms with Crippen molar-refractivity contribution in [2.45, 2.75) is 37.8 Å². The van der Waals surface area contributed by atoms with Crippen LogP contribution in [0.2, 0.25) is 0 Å². The van der Waals surface area contributed by atoms with Gasteiger partial charge in [0.2, 0.25) is 0 Å². The Morgan fingerprint density at radius 2 is 2.00 bits per heavy atom. The lowest BCUT2D eigenvalue weighted by molar-refractivity contribution is 0.232. The van der Waals surface area contributed by atoms with E-state index in [0.717, 1.165) is 30.5 Å². The number of anilines is 1. The summed E-state index contributed by atoms with van der Waals surface area (Å²) in [5.74, 6) is 0.333. The zero-order chi connectivity index (χ0) is 9.97. The van der Waals surface area contributed by atoms with Gasteiger partial charge in [0.05, 0.1) is 0 Å².